The number of aromatic nitrogens is 1. The maximum Gasteiger partial charge on any atom is 0.273 e. The van der Waals surface area contributed by atoms with E-state index in [2.05, 4.69) is 4.98 Å². The summed E-state index contributed by atoms with van der Waals surface area (Å²) in [4.78, 5) is 20.0. The second kappa shape index (κ2) is 7.15. The summed E-state index contributed by atoms with van der Waals surface area (Å²) in [5.74, 6) is 1.51. The molecule has 1 amide bonds. The van der Waals surface area contributed by atoms with E-state index in [0.29, 0.717) is 12.2 Å². The first-order chi connectivity index (χ1) is 13.8. The number of hydrogen-bond donors (Lipinski definition) is 0. The van der Waals surface area contributed by atoms with Crippen LogP contribution in [0.1, 0.15) is 41.7 Å². The zero-order valence-electron chi connectivity index (χ0n) is 15.6. The molecule has 2 heterocycles. The zero-order valence-corrected chi connectivity index (χ0v) is 15.6. The van der Waals surface area contributed by atoms with Gasteiger partial charge in [0.2, 0.25) is 6.79 Å². The Balaban J connectivity index is 1.46. The van der Waals surface area contributed by atoms with E-state index < -0.39 is 0 Å². The molecular formula is C23H22N2O3. The van der Waals surface area contributed by atoms with Crippen molar-refractivity contribution >= 4 is 16.8 Å². The first-order valence-corrected chi connectivity index (χ1v) is 9.83. The Hall–Kier alpha value is -3.08. The summed E-state index contributed by atoms with van der Waals surface area (Å²) in [6.45, 7) is 0.805. The Labute approximate surface area is 163 Å². The highest BCUT2D eigenvalue weighted by Gasteiger charge is 2.29. The predicted octanol–water partition coefficient (Wildman–Crippen LogP) is 4.55. The number of fused-ring (bicyclic) bond motifs is 2. The van der Waals surface area contributed by atoms with Gasteiger partial charge in [-0.2, -0.15) is 0 Å². The molecule has 28 heavy (non-hydrogen) atoms. The van der Waals surface area contributed by atoms with Crippen molar-refractivity contribution in [2.75, 3.05) is 6.79 Å². The molecule has 1 aromatic heterocycles. The van der Waals surface area contributed by atoms with Crippen LogP contribution < -0.4 is 9.47 Å². The third-order valence-electron chi connectivity index (χ3n) is 5.63. The lowest BCUT2D eigenvalue weighted by molar-refractivity contribution is 0.0658. The number of nitrogens with zero attached hydrogens (tertiary/aromatic N) is 2. The molecule has 0 unspecified atom stereocenters. The van der Waals surface area contributed by atoms with E-state index in [9.17, 15) is 4.79 Å². The fraction of sp³-hybridized carbons (Fsp3) is 0.304. The second-order valence-electron chi connectivity index (χ2n) is 7.45. The zero-order chi connectivity index (χ0) is 18.9. The monoisotopic (exact) mass is 374 g/mol. The maximum absolute atomic E-state index is 13.4. The summed E-state index contributed by atoms with van der Waals surface area (Å²) in [6, 6.07) is 17.9. The second-order valence-corrected chi connectivity index (χ2v) is 7.45. The Bertz CT molecular complexity index is 1030. The number of carbonyl (C=O) groups is 1. The molecule has 5 nitrogen and oxygen atoms in total. The van der Waals surface area contributed by atoms with Crippen LogP contribution in [0.15, 0.2) is 54.6 Å². The highest BCUT2D eigenvalue weighted by Crippen LogP contribution is 2.34. The largest absolute Gasteiger partial charge is 0.454 e. The summed E-state index contributed by atoms with van der Waals surface area (Å²) in [7, 11) is 0. The van der Waals surface area contributed by atoms with E-state index in [0.717, 1.165) is 40.8 Å². The van der Waals surface area contributed by atoms with Gasteiger partial charge in [-0.15, -0.1) is 0 Å². The van der Waals surface area contributed by atoms with Crippen LogP contribution in [0.3, 0.4) is 0 Å². The molecule has 2 aliphatic rings. The van der Waals surface area contributed by atoms with Crippen molar-refractivity contribution in [1.82, 2.24) is 9.88 Å². The number of hydrogen-bond acceptors (Lipinski definition) is 4. The standard InChI is InChI=1S/C23H22N2O3/c26-23(20-11-10-17-5-1-4-8-19(17)24-20)25(18-6-2-3-7-18)14-16-9-12-21-22(13-16)28-15-27-21/h1,4-5,8-13,18H,2-3,6-7,14-15H2. The molecule has 1 saturated carbocycles. The number of para-hydroxylation sites is 1. The van der Waals surface area contributed by atoms with E-state index in [4.69, 9.17) is 9.47 Å². The fourth-order valence-corrected chi connectivity index (χ4v) is 4.15. The van der Waals surface area contributed by atoms with Gasteiger partial charge in [-0.3, -0.25) is 4.79 Å². The topological polar surface area (TPSA) is 51.7 Å². The van der Waals surface area contributed by atoms with Crippen LogP contribution in [0.2, 0.25) is 0 Å². The minimum Gasteiger partial charge on any atom is -0.454 e. The quantitative estimate of drug-likeness (QED) is 0.672. The lowest BCUT2D eigenvalue weighted by Gasteiger charge is -2.29. The molecule has 2 aromatic carbocycles. The van der Waals surface area contributed by atoms with Crippen molar-refractivity contribution in [3.8, 4) is 11.5 Å². The summed E-state index contributed by atoms with van der Waals surface area (Å²) < 4.78 is 10.9. The van der Waals surface area contributed by atoms with Crippen LogP contribution in [-0.4, -0.2) is 28.6 Å². The third kappa shape index (κ3) is 3.17. The predicted molar refractivity (Wildman–Crippen MR) is 106 cm³/mol. The van der Waals surface area contributed by atoms with Crippen molar-refractivity contribution in [1.29, 1.82) is 0 Å². The molecular weight excluding hydrogens is 352 g/mol. The molecule has 1 aliphatic carbocycles. The minimum absolute atomic E-state index is 0.00433. The van der Waals surface area contributed by atoms with E-state index in [1.807, 2.05) is 59.5 Å². The average Bonchev–Trinajstić information content (AvgIpc) is 3.42. The van der Waals surface area contributed by atoms with Crippen molar-refractivity contribution in [2.24, 2.45) is 0 Å². The lowest BCUT2D eigenvalue weighted by Crippen LogP contribution is -2.38. The number of ether oxygens (including phenoxy) is 2. The summed E-state index contributed by atoms with van der Waals surface area (Å²) >= 11 is 0. The number of pyridine rings is 1. The number of amides is 1. The van der Waals surface area contributed by atoms with Crippen molar-refractivity contribution in [3.05, 3.63) is 65.9 Å². The smallest absolute Gasteiger partial charge is 0.273 e. The van der Waals surface area contributed by atoms with Crippen LogP contribution in [0, 0.1) is 0 Å². The highest BCUT2D eigenvalue weighted by atomic mass is 16.7. The van der Waals surface area contributed by atoms with Gasteiger partial charge >= 0.3 is 0 Å². The molecule has 5 heteroatoms. The molecule has 0 N–H and O–H groups in total. The van der Waals surface area contributed by atoms with Crippen LogP contribution in [-0.2, 0) is 6.54 Å². The normalized spacial score (nSPS) is 15.9. The van der Waals surface area contributed by atoms with E-state index in [1.54, 1.807) is 0 Å². The van der Waals surface area contributed by atoms with Crippen LogP contribution in [0.4, 0.5) is 0 Å². The first-order valence-electron chi connectivity index (χ1n) is 9.83. The van der Waals surface area contributed by atoms with Gasteiger partial charge in [0.05, 0.1) is 5.52 Å². The minimum atomic E-state index is -0.00433. The Morgan fingerprint density at radius 3 is 2.71 bits per heavy atom. The Morgan fingerprint density at radius 1 is 1.00 bits per heavy atom. The molecule has 5 rings (SSSR count). The molecule has 0 saturated heterocycles. The van der Waals surface area contributed by atoms with Gasteiger partial charge in [0.15, 0.2) is 11.5 Å². The van der Waals surface area contributed by atoms with Gasteiger partial charge in [-0.1, -0.05) is 43.2 Å². The van der Waals surface area contributed by atoms with Gasteiger partial charge in [-0.25, -0.2) is 4.98 Å². The van der Waals surface area contributed by atoms with E-state index in [1.165, 1.54) is 12.8 Å². The Kier molecular flexibility index (Phi) is 4.35. The highest BCUT2D eigenvalue weighted by molar-refractivity contribution is 5.95. The van der Waals surface area contributed by atoms with Crippen molar-refractivity contribution in [2.45, 2.75) is 38.3 Å². The molecule has 3 aromatic rings. The summed E-state index contributed by atoms with van der Waals surface area (Å²) in [6.07, 6.45) is 4.43. The van der Waals surface area contributed by atoms with Crippen molar-refractivity contribution in [3.63, 3.8) is 0 Å². The fourth-order valence-electron chi connectivity index (χ4n) is 4.15. The first kappa shape index (κ1) is 17.0. The molecule has 1 fully saturated rings. The lowest BCUT2D eigenvalue weighted by atomic mass is 10.1. The van der Waals surface area contributed by atoms with Gasteiger partial charge in [-0.05, 0) is 42.7 Å². The molecule has 0 radical (unpaired) electrons. The van der Waals surface area contributed by atoms with Crippen LogP contribution in [0.5, 0.6) is 11.5 Å². The number of rotatable bonds is 4. The summed E-state index contributed by atoms with van der Waals surface area (Å²) in [5.41, 5.74) is 2.40. The molecule has 142 valence electrons. The molecule has 0 spiro atoms. The van der Waals surface area contributed by atoms with Gasteiger partial charge in [0, 0.05) is 18.0 Å². The Morgan fingerprint density at radius 2 is 1.82 bits per heavy atom. The van der Waals surface area contributed by atoms with Crippen molar-refractivity contribution < 1.29 is 14.3 Å². The maximum atomic E-state index is 13.4. The van der Waals surface area contributed by atoms with Crippen LogP contribution in [0.25, 0.3) is 10.9 Å². The van der Waals surface area contributed by atoms with E-state index >= 15 is 0 Å². The molecule has 1 aliphatic heterocycles. The number of benzene rings is 2. The molecule has 0 atom stereocenters. The van der Waals surface area contributed by atoms with Crippen LogP contribution >= 0.6 is 0 Å². The van der Waals surface area contributed by atoms with Gasteiger partial charge in [0.25, 0.3) is 5.91 Å². The SMILES string of the molecule is O=C(c1ccc2ccccc2n1)N(Cc1ccc2c(c1)OCO2)C1CCCC1. The third-order valence-corrected chi connectivity index (χ3v) is 5.63. The molecule has 0 bridgehead atoms. The number of carbonyl (C=O) groups excluding carboxylic acids is 1. The average molecular weight is 374 g/mol. The van der Waals surface area contributed by atoms with Gasteiger partial charge in [0.1, 0.15) is 5.69 Å². The van der Waals surface area contributed by atoms with E-state index in [-0.39, 0.29) is 18.7 Å². The summed E-state index contributed by atoms with van der Waals surface area (Å²) in [5, 5.41) is 1.04. The van der Waals surface area contributed by atoms with Gasteiger partial charge < -0.3 is 14.4 Å².